The molecule has 8 nitrogen and oxygen atoms in total. The van der Waals surface area contributed by atoms with Gasteiger partial charge in [0.25, 0.3) is 0 Å². The highest BCUT2D eigenvalue weighted by Gasteiger charge is 2.28. The predicted molar refractivity (Wildman–Crippen MR) is 113 cm³/mol. The highest BCUT2D eigenvalue weighted by molar-refractivity contribution is 5.83. The van der Waals surface area contributed by atoms with Gasteiger partial charge in [0, 0.05) is 30.9 Å². The van der Waals surface area contributed by atoms with Crippen molar-refractivity contribution in [2.45, 2.75) is 57.8 Å². The monoisotopic (exact) mass is 398 g/mol. The fourth-order valence-corrected chi connectivity index (χ4v) is 3.99. The fraction of sp³-hybridized carbons (Fsp3) is 0.450. The van der Waals surface area contributed by atoms with Gasteiger partial charge in [0.15, 0.2) is 11.5 Å². The average molecular weight is 398 g/mol. The Labute approximate surface area is 168 Å². The standard InChI is InChI=1S/C20H27FN8/c1-2-28-11-25-17-18(24)26-20(27-19(17)28)29(15-6-4-14(22)5-7-15)10-12-9-13(21)3-8-16(12)23/h3,8-9,11,14-15H,2,4-7,10,22-23H2,1H3,(H2,24,26,27). The van der Waals surface area contributed by atoms with Gasteiger partial charge in [-0.05, 0) is 56.4 Å². The molecular formula is C20H27FN8. The molecule has 0 amide bonds. The number of aromatic nitrogens is 4. The number of imidazole rings is 1. The zero-order valence-corrected chi connectivity index (χ0v) is 16.6. The summed E-state index contributed by atoms with van der Waals surface area (Å²) in [6.07, 6.45) is 5.37. The molecular weight excluding hydrogens is 371 g/mol. The van der Waals surface area contributed by atoms with E-state index >= 15 is 0 Å². The van der Waals surface area contributed by atoms with Crippen molar-refractivity contribution in [2.24, 2.45) is 5.73 Å². The number of aryl methyl sites for hydroxylation is 1. The topological polar surface area (TPSA) is 125 Å². The first-order valence-electron chi connectivity index (χ1n) is 10.0. The molecule has 1 aliphatic rings. The zero-order valence-electron chi connectivity index (χ0n) is 16.6. The van der Waals surface area contributed by atoms with E-state index in [4.69, 9.17) is 22.2 Å². The third-order valence-electron chi connectivity index (χ3n) is 5.70. The SMILES string of the molecule is CCn1cnc2c(N)nc(N(Cc3cc(F)ccc3N)C3CCC(N)CC3)nc21. The summed E-state index contributed by atoms with van der Waals surface area (Å²) in [6, 6.07) is 4.80. The molecule has 1 aromatic carbocycles. The second kappa shape index (κ2) is 7.82. The molecule has 29 heavy (non-hydrogen) atoms. The smallest absolute Gasteiger partial charge is 0.230 e. The largest absolute Gasteiger partial charge is 0.398 e. The second-order valence-corrected chi connectivity index (χ2v) is 7.65. The number of nitrogens with zero attached hydrogens (tertiary/aromatic N) is 5. The van der Waals surface area contributed by atoms with Gasteiger partial charge in [-0.3, -0.25) is 0 Å². The van der Waals surface area contributed by atoms with Crippen LogP contribution in [0, 0.1) is 5.82 Å². The Bertz CT molecular complexity index is 1010. The van der Waals surface area contributed by atoms with Gasteiger partial charge in [-0.15, -0.1) is 0 Å². The van der Waals surface area contributed by atoms with E-state index in [2.05, 4.69) is 14.9 Å². The molecule has 0 unspecified atom stereocenters. The molecule has 6 N–H and O–H groups in total. The molecule has 1 aliphatic carbocycles. The molecule has 0 saturated heterocycles. The summed E-state index contributed by atoms with van der Waals surface area (Å²) in [6.45, 7) is 3.14. The number of rotatable bonds is 5. The van der Waals surface area contributed by atoms with E-state index in [0.29, 0.717) is 40.7 Å². The van der Waals surface area contributed by atoms with Crippen LogP contribution in [0.25, 0.3) is 11.2 Å². The predicted octanol–water partition coefficient (Wildman–Crippen LogP) is 2.43. The summed E-state index contributed by atoms with van der Waals surface area (Å²) in [5, 5.41) is 0. The number of benzene rings is 1. The Kier molecular flexibility index (Phi) is 5.23. The van der Waals surface area contributed by atoms with Gasteiger partial charge in [-0.25, -0.2) is 9.37 Å². The number of fused-ring (bicyclic) bond motifs is 1. The van der Waals surface area contributed by atoms with Crippen molar-refractivity contribution in [2.75, 3.05) is 16.4 Å². The molecule has 154 valence electrons. The van der Waals surface area contributed by atoms with Crippen LogP contribution in [-0.2, 0) is 13.1 Å². The third kappa shape index (κ3) is 3.82. The lowest BCUT2D eigenvalue weighted by atomic mass is 9.90. The number of anilines is 3. The lowest BCUT2D eigenvalue weighted by Gasteiger charge is -2.36. The highest BCUT2D eigenvalue weighted by Crippen LogP contribution is 2.30. The van der Waals surface area contributed by atoms with Crippen molar-refractivity contribution in [3.05, 3.63) is 35.9 Å². The Morgan fingerprint density at radius 3 is 2.66 bits per heavy atom. The maximum Gasteiger partial charge on any atom is 0.230 e. The van der Waals surface area contributed by atoms with Crippen molar-refractivity contribution in [1.82, 2.24) is 19.5 Å². The first-order valence-corrected chi connectivity index (χ1v) is 10.0. The molecule has 0 spiro atoms. The molecule has 0 aliphatic heterocycles. The summed E-state index contributed by atoms with van der Waals surface area (Å²) < 4.78 is 15.8. The molecule has 9 heteroatoms. The molecule has 4 rings (SSSR count). The van der Waals surface area contributed by atoms with Crippen LogP contribution < -0.4 is 22.1 Å². The van der Waals surface area contributed by atoms with Crippen LogP contribution in [0.5, 0.6) is 0 Å². The van der Waals surface area contributed by atoms with Gasteiger partial charge in [0.2, 0.25) is 5.95 Å². The van der Waals surface area contributed by atoms with Gasteiger partial charge in [-0.1, -0.05) is 0 Å². The average Bonchev–Trinajstić information content (AvgIpc) is 3.13. The summed E-state index contributed by atoms with van der Waals surface area (Å²) in [5.74, 6) is 0.524. The molecule has 0 radical (unpaired) electrons. The van der Waals surface area contributed by atoms with Crippen LogP contribution in [0.4, 0.5) is 21.8 Å². The maximum atomic E-state index is 13.9. The minimum absolute atomic E-state index is 0.173. The van der Waals surface area contributed by atoms with Gasteiger partial charge in [-0.2, -0.15) is 9.97 Å². The first-order chi connectivity index (χ1) is 14.0. The van der Waals surface area contributed by atoms with Crippen LogP contribution in [-0.4, -0.2) is 31.6 Å². The molecule has 1 fully saturated rings. The molecule has 3 aromatic rings. The van der Waals surface area contributed by atoms with Crippen molar-refractivity contribution in [1.29, 1.82) is 0 Å². The van der Waals surface area contributed by atoms with E-state index in [-0.39, 0.29) is 17.9 Å². The molecule has 0 bridgehead atoms. The Morgan fingerprint density at radius 1 is 1.17 bits per heavy atom. The third-order valence-corrected chi connectivity index (χ3v) is 5.70. The lowest BCUT2D eigenvalue weighted by Crippen LogP contribution is -2.41. The molecule has 2 heterocycles. The number of nitrogen functional groups attached to an aromatic ring is 2. The summed E-state index contributed by atoms with van der Waals surface area (Å²) >= 11 is 0. The van der Waals surface area contributed by atoms with E-state index in [1.165, 1.54) is 12.1 Å². The number of halogens is 1. The summed E-state index contributed by atoms with van der Waals surface area (Å²) in [7, 11) is 0. The summed E-state index contributed by atoms with van der Waals surface area (Å²) in [5.41, 5.74) is 21.0. The van der Waals surface area contributed by atoms with Gasteiger partial charge in [0.1, 0.15) is 11.3 Å². The van der Waals surface area contributed by atoms with E-state index in [0.717, 1.165) is 32.2 Å². The van der Waals surface area contributed by atoms with Crippen LogP contribution in [0.2, 0.25) is 0 Å². The van der Waals surface area contributed by atoms with Gasteiger partial charge < -0.3 is 26.7 Å². The summed E-state index contributed by atoms with van der Waals surface area (Å²) in [4.78, 5) is 15.7. The molecule has 0 atom stereocenters. The van der Waals surface area contributed by atoms with Crippen LogP contribution >= 0.6 is 0 Å². The van der Waals surface area contributed by atoms with E-state index in [1.54, 1.807) is 12.4 Å². The maximum absolute atomic E-state index is 13.9. The van der Waals surface area contributed by atoms with Crippen LogP contribution in [0.1, 0.15) is 38.2 Å². The highest BCUT2D eigenvalue weighted by atomic mass is 19.1. The minimum atomic E-state index is -0.320. The lowest BCUT2D eigenvalue weighted by molar-refractivity contribution is 0.371. The Balaban J connectivity index is 1.77. The van der Waals surface area contributed by atoms with Crippen molar-refractivity contribution in [3.63, 3.8) is 0 Å². The van der Waals surface area contributed by atoms with E-state index < -0.39 is 0 Å². The number of hydrogen-bond donors (Lipinski definition) is 3. The molecule has 2 aromatic heterocycles. The minimum Gasteiger partial charge on any atom is -0.398 e. The Hall–Kier alpha value is -2.94. The zero-order chi connectivity index (χ0) is 20.5. The Morgan fingerprint density at radius 2 is 1.93 bits per heavy atom. The fourth-order valence-electron chi connectivity index (χ4n) is 3.99. The first kappa shape index (κ1) is 19.4. The van der Waals surface area contributed by atoms with Crippen LogP contribution in [0.15, 0.2) is 24.5 Å². The molecule has 1 saturated carbocycles. The van der Waals surface area contributed by atoms with Crippen LogP contribution in [0.3, 0.4) is 0 Å². The van der Waals surface area contributed by atoms with Crippen molar-refractivity contribution < 1.29 is 4.39 Å². The second-order valence-electron chi connectivity index (χ2n) is 7.65. The number of hydrogen-bond acceptors (Lipinski definition) is 7. The van der Waals surface area contributed by atoms with E-state index in [1.807, 2.05) is 11.5 Å². The van der Waals surface area contributed by atoms with Gasteiger partial charge >= 0.3 is 0 Å². The van der Waals surface area contributed by atoms with E-state index in [9.17, 15) is 4.39 Å². The normalized spacial score (nSPS) is 19.6. The number of nitrogens with two attached hydrogens (primary N) is 3. The quantitative estimate of drug-likeness (QED) is 0.564. The van der Waals surface area contributed by atoms with Crippen molar-refractivity contribution in [3.8, 4) is 0 Å². The van der Waals surface area contributed by atoms with Crippen molar-refractivity contribution >= 4 is 28.6 Å². The van der Waals surface area contributed by atoms with Gasteiger partial charge in [0.05, 0.1) is 6.33 Å².